The number of allylic oxidation sites excluding steroid dienone is 5. The van der Waals surface area contributed by atoms with Gasteiger partial charge in [0.2, 0.25) is 11.8 Å². The highest BCUT2D eigenvalue weighted by molar-refractivity contribution is 6.12. The Hall–Kier alpha value is -4.55. The van der Waals surface area contributed by atoms with E-state index in [1.54, 1.807) is 25.4 Å². The van der Waals surface area contributed by atoms with Crippen molar-refractivity contribution in [3.63, 3.8) is 0 Å². The van der Waals surface area contributed by atoms with Crippen molar-refractivity contribution in [1.82, 2.24) is 24.8 Å². The molecule has 0 bridgehead atoms. The van der Waals surface area contributed by atoms with E-state index in [-0.39, 0.29) is 39.6 Å². The zero-order valence-electron chi connectivity index (χ0n) is 18.6. The van der Waals surface area contributed by atoms with Gasteiger partial charge in [-0.15, -0.1) is 0 Å². The molecule has 0 spiro atoms. The van der Waals surface area contributed by atoms with Crippen LogP contribution in [0.3, 0.4) is 0 Å². The summed E-state index contributed by atoms with van der Waals surface area (Å²) < 4.78 is 60.8. The van der Waals surface area contributed by atoms with Crippen LogP contribution in [0.2, 0.25) is 0 Å². The zero-order chi connectivity index (χ0) is 25.8. The van der Waals surface area contributed by atoms with E-state index in [0.29, 0.717) is 11.3 Å². The smallest absolute Gasteiger partial charge is 0.388 e. The van der Waals surface area contributed by atoms with Crippen molar-refractivity contribution in [3.05, 3.63) is 71.1 Å². The van der Waals surface area contributed by atoms with E-state index in [9.17, 15) is 22.4 Å². The number of pyridine rings is 2. The summed E-state index contributed by atoms with van der Waals surface area (Å²) in [5, 5.41) is 10.9. The van der Waals surface area contributed by atoms with Crippen LogP contribution in [0.4, 0.5) is 17.6 Å². The minimum absolute atomic E-state index is 0.0207. The van der Waals surface area contributed by atoms with E-state index in [4.69, 9.17) is 10.1 Å². The molecule has 0 amide bonds. The Morgan fingerprint density at radius 2 is 1.94 bits per heavy atom. The van der Waals surface area contributed by atoms with Gasteiger partial charge in [0, 0.05) is 48.5 Å². The predicted octanol–water partition coefficient (Wildman–Crippen LogP) is 3.63. The van der Waals surface area contributed by atoms with Crippen molar-refractivity contribution in [3.8, 4) is 22.9 Å². The fourth-order valence-electron chi connectivity index (χ4n) is 3.40. The Morgan fingerprint density at radius 1 is 1.14 bits per heavy atom. The van der Waals surface area contributed by atoms with Gasteiger partial charge in [0.25, 0.3) is 12.0 Å². The van der Waals surface area contributed by atoms with Crippen molar-refractivity contribution < 1.29 is 27.0 Å². The summed E-state index contributed by atoms with van der Waals surface area (Å²) in [5.74, 6) is -0.587. The molecule has 186 valence electrons. The molecule has 3 heterocycles. The fourth-order valence-corrected chi connectivity index (χ4v) is 3.40. The molecule has 4 rings (SSSR count). The van der Waals surface area contributed by atoms with Crippen LogP contribution < -0.4 is 20.3 Å². The maximum absolute atomic E-state index is 13.7. The number of aromatic nitrogens is 4. The summed E-state index contributed by atoms with van der Waals surface area (Å²) in [6.45, 7) is -4.00. The molecule has 2 N–H and O–H groups in total. The van der Waals surface area contributed by atoms with Gasteiger partial charge >= 0.3 is 6.61 Å². The van der Waals surface area contributed by atoms with Gasteiger partial charge in [0.05, 0.1) is 17.5 Å². The molecule has 0 atom stereocenters. The molecule has 0 radical (unpaired) electrons. The van der Waals surface area contributed by atoms with Crippen LogP contribution in [0.5, 0.6) is 11.8 Å². The van der Waals surface area contributed by atoms with E-state index >= 15 is 0 Å². The molecule has 0 saturated carbocycles. The van der Waals surface area contributed by atoms with E-state index in [0.717, 1.165) is 18.5 Å². The minimum Gasteiger partial charge on any atom is -0.470 e. The standard InChI is InChI=1S/C23H18F4N6O3/c1-29-7-13-6-14(3-4-15(13)28)33-10-16-21(32-19(9-30-16)35-11-17(24)25)20(22(33)34)12-2-5-18(31-8-12)36-23(26)27/h2-10,17,23,28-29H,11H2,1H3/b13-7-,28-15?. The molecule has 1 aliphatic rings. The number of hydrogen-bond donors (Lipinski definition) is 2. The van der Waals surface area contributed by atoms with Gasteiger partial charge in [-0.05, 0) is 24.3 Å². The van der Waals surface area contributed by atoms with Crippen LogP contribution >= 0.6 is 0 Å². The topological polar surface area (TPSA) is 115 Å². The normalized spacial score (nSPS) is 14.6. The molecule has 3 aromatic heterocycles. The van der Waals surface area contributed by atoms with Crippen LogP contribution in [0.15, 0.2) is 65.5 Å². The van der Waals surface area contributed by atoms with Crippen LogP contribution in [0.25, 0.3) is 27.9 Å². The third-order valence-electron chi connectivity index (χ3n) is 4.90. The van der Waals surface area contributed by atoms with E-state index in [1.165, 1.54) is 22.9 Å². The Kier molecular flexibility index (Phi) is 7.08. The van der Waals surface area contributed by atoms with E-state index in [2.05, 4.69) is 25.0 Å². The summed E-state index contributed by atoms with van der Waals surface area (Å²) in [4.78, 5) is 25.9. The molecule has 0 aliphatic heterocycles. The van der Waals surface area contributed by atoms with Crippen molar-refractivity contribution in [2.45, 2.75) is 13.0 Å². The summed E-state index contributed by atoms with van der Waals surface area (Å²) in [7, 11) is 1.67. The quantitative estimate of drug-likeness (QED) is 0.452. The van der Waals surface area contributed by atoms with E-state index < -0.39 is 25.2 Å². The van der Waals surface area contributed by atoms with Gasteiger partial charge in [-0.2, -0.15) is 8.78 Å². The maximum atomic E-state index is 13.7. The van der Waals surface area contributed by atoms with Crippen LogP contribution in [-0.2, 0) is 0 Å². The lowest BCUT2D eigenvalue weighted by Crippen LogP contribution is -2.23. The van der Waals surface area contributed by atoms with Gasteiger partial charge < -0.3 is 20.2 Å². The number of fused-ring (bicyclic) bond motifs is 1. The summed E-state index contributed by atoms with van der Waals surface area (Å²) >= 11 is 0. The number of rotatable bonds is 8. The lowest BCUT2D eigenvalue weighted by molar-refractivity contribution is -0.0528. The zero-order valence-corrected chi connectivity index (χ0v) is 18.6. The van der Waals surface area contributed by atoms with Crippen molar-refractivity contribution in [2.24, 2.45) is 0 Å². The monoisotopic (exact) mass is 502 g/mol. The molecule has 3 aromatic rings. The molecule has 9 nitrogen and oxygen atoms in total. The largest absolute Gasteiger partial charge is 0.470 e. The highest BCUT2D eigenvalue weighted by atomic mass is 19.3. The number of nitrogens with zero attached hydrogens (tertiary/aromatic N) is 4. The number of nitrogens with one attached hydrogen (secondary N) is 2. The molecular formula is C23H18F4N6O3. The highest BCUT2D eigenvalue weighted by Crippen LogP contribution is 2.27. The lowest BCUT2D eigenvalue weighted by Gasteiger charge is -2.16. The van der Waals surface area contributed by atoms with Gasteiger partial charge in [-0.3, -0.25) is 9.36 Å². The molecule has 0 saturated heterocycles. The molecule has 0 aromatic carbocycles. The number of hydrogen-bond acceptors (Lipinski definition) is 8. The van der Waals surface area contributed by atoms with Crippen molar-refractivity contribution in [1.29, 1.82) is 5.41 Å². The minimum atomic E-state index is -3.08. The Balaban J connectivity index is 1.91. The molecule has 0 unspecified atom stereocenters. The first-order chi connectivity index (χ1) is 17.3. The SMILES string of the molecule is CN/C=C1/C=C(n2cc3ncc(OCC(F)F)nc3c(-c3ccc(OC(F)F)nc3)c2=O)C=CC1=N. The molecule has 13 heteroatoms. The van der Waals surface area contributed by atoms with Crippen LogP contribution in [0.1, 0.15) is 0 Å². The first-order valence-corrected chi connectivity index (χ1v) is 10.4. The van der Waals surface area contributed by atoms with E-state index in [1.807, 2.05) is 0 Å². The van der Waals surface area contributed by atoms with Crippen LogP contribution in [0, 0.1) is 5.41 Å². The Morgan fingerprint density at radius 3 is 2.61 bits per heavy atom. The predicted molar refractivity (Wildman–Crippen MR) is 123 cm³/mol. The summed E-state index contributed by atoms with van der Waals surface area (Å²) in [5.41, 5.74) is 0.990. The second-order valence-corrected chi connectivity index (χ2v) is 7.29. The second-order valence-electron chi connectivity index (χ2n) is 7.29. The highest BCUT2D eigenvalue weighted by Gasteiger charge is 2.19. The summed E-state index contributed by atoms with van der Waals surface area (Å²) in [6.07, 6.45) is 7.25. The second kappa shape index (κ2) is 10.4. The van der Waals surface area contributed by atoms with Gasteiger partial charge in [-0.1, -0.05) is 0 Å². The first-order valence-electron chi connectivity index (χ1n) is 10.4. The number of halogens is 4. The van der Waals surface area contributed by atoms with Crippen molar-refractivity contribution >= 4 is 22.4 Å². The number of alkyl halides is 4. The average molecular weight is 502 g/mol. The van der Waals surface area contributed by atoms with Crippen LogP contribution in [-0.4, -0.2) is 51.9 Å². The fraction of sp³-hybridized carbons (Fsp3) is 0.174. The molecular weight excluding hydrogens is 484 g/mol. The Bertz CT molecular complexity index is 1450. The molecule has 1 aliphatic carbocycles. The first kappa shape index (κ1) is 24.6. The molecule has 36 heavy (non-hydrogen) atoms. The third kappa shape index (κ3) is 5.24. The van der Waals surface area contributed by atoms with Crippen molar-refractivity contribution in [2.75, 3.05) is 13.7 Å². The molecule has 0 fully saturated rings. The Labute approximate surface area is 200 Å². The maximum Gasteiger partial charge on any atom is 0.388 e. The third-order valence-corrected chi connectivity index (χ3v) is 4.90. The average Bonchev–Trinajstić information content (AvgIpc) is 2.84. The number of ether oxygens (including phenoxy) is 2. The lowest BCUT2D eigenvalue weighted by atomic mass is 10.0. The van der Waals surface area contributed by atoms with Gasteiger partial charge in [-0.25, -0.2) is 23.7 Å². The van der Waals surface area contributed by atoms with Gasteiger partial charge in [0.1, 0.15) is 11.0 Å². The van der Waals surface area contributed by atoms with Gasteiger partial charge in [0.15, 0.2) is 6.61 Å². The summed E-state index contributed by atoms with van der Waals surface area (Å²) in [6, 6.07) is 2.50.